The van der Waals surface area contributed by atoms with Gasteiger partial charge >= 0.3 is 0 Å². The first-order chi connectivity index (χ1) is 21.7. The second-order valence-corrected chi connectivity index (χ2v) is 11.3. The minimum atomic E-state index is 0.517. The van der Waals surface area contributed by atoms with E-state index in [1.165, 1.54) is 17.0 Å². The maximum atomic E-state index is 10.7. The highest BCUT2D eigenvalue weighted by atomic mass is 15.0. The summed E-state index contributed by atoms with van der Waals surface area (Å²) in [6, 6.07) is 49.0. The van der Waals surface area contributed by atoms with Gasteiger partial charge in [-0.3, -0.25) is 0 Å². The van der Waals surface area contributed by atoms with Gasteiger partial charge in [0.25, 0.3) is 0 Å². The number of benzene rings is 7. The zero-order valence-corrected chi connectivity index (χ0v) is 23.6. The summed E-state index contributed by atoms with van der Waals surface area (Å²) in [4.78, 5) is 0. The number of para-hydroxylation sites is 2. The number of hydrogen-bond acceptors (Lipinski definition) is 2. The lowest BCUT2D eigenvalue weighted by Crippen LogP contribution is -2.05. The van der Waals surface area contributed by atoms with Crippen molar-refractivity contribution in [3.05, 3.63) is 145 Å². The predicted octanol–water partition coefficient (Wildman–Crippen LogP) is 10.1. The first-order valence-corrected chi connectivity index (χ1v) is 14.7. The van der Waals surface area contributed by atoms with Gasteiger partial charge in [0.1, 0.15) is 6.07 Å². The van der Waals surface area contributed by atoms with Gasteiger partial charge in [0.15, 0.2) is 0 Å². The van der Waals surface area contributed by atoms with E-state index in [1.807, 2.05) is 18.2 Å². The highest BCUT2D eigenvalue weighted by Crippen LogP contribution is 2.39. The van der Waals surface area contributed by atoms with Gasteiger partial charge in [-0.25, -0.2) is 0 Å². The van der Waals surface area contributed by atoms with Gasteiger partial charge in [0, 0.05) is 39.0 Å². The van der Waals surface area contributed by atoms with E-state index in [1.54, 1.807) is 0 Å². The molecule has 1 N–H and O–H groups in total. The minimum Gasteiger partial charge on any atom is -0.309 e. The molecule has 0 bridgehead atoms. The molecule has 0 saturated heterocycles. The number of nitrogens with zero attached hydrogens (tertiary/aromatic N) is 3. The van der Waals surface area contributed by atoms with Gasteiger partial charge in [-0.15, -0.1) is 0 Å². The molecular weight excluding hydrogens is 536 g/mol. The number of aromatic nitrogens is 2. The van der Waals surface area contributed by atoms with Crippen molar-refractivity contribution in [2.24, 2.45) is 0 Å². The highest BCUT2D eigenvalue weighted by molar-refractivity contribution is 6.15. The number of rotatable bonds is 3. The topological polar surface area (TPSA) is 57.5 Å². The van der Waals surface area contributed by atoms with E-state index >= 15 is 0 Å². The van der Waals surface area contributed by atoms with Crippen LogP contribution in [0.15, 0.2) is 133 Å². The Labute approximate surface area is 252 Å². The summed E-state index contributed by atoms with van der Waals surface area (Å²) in [5, 5.41) is 28.5. The van der Waals surface area contributed by atoms with Crippen molar-refractivity contribution in [1.29, 1.82) is 10.7 Å². The molecule has 0 aliphatic rings. The van der Waals surface area contributed by atoms with Gasteiger partial charge in [0.05, 0.1) is 33.3 Å². The molecule has 0 saturated carbocycles. The minimum absolute atomic E-state index is 0.517. The van der Waals surface area contributed by atoms with E-state index in [9.17, 15) is 5.26 Å². The molecule has 0 aliphatic heterocycles. The summed E-state index contributed by atoms with van der Waals surface area (Å²) in [7, 11) is 0. The summed E-state index contributed by atoms with van der Waals surface area (Å²) in [5.41, 5.74) is 6.93. The van der Waals surface area contributed by atoms with E-state index in [2.05, 4.69) is 130 Å². The van der Waals surface area contributed by atoms with E-state index in [-0.39, 0.29) is 0 Å². The van der Waals surface area contributed by atoms with Crippen LogP contribution in [0.2, 0.25) is 0 Å². The molecule has 4 heteroatoms. The predicted molar refractivity (Wildman–Crippen MR) is 183 cm³/mol. The van der Waals surface area contributed by atoms with E-state index < -0.39 is 0 Å². The Hall–Kier alpha value is -6.18. The molecule has 2 aromatic heterocycles. The van der Waals surface area contributed by atoms with E-state index in [0.717, 1.165) is 65.8 Å². The fourth-order valence-electron chi connectivity index (χ4n) is 7.04. The molecule has 0 fully saturated rings. The maximum absolute atomic E-state index is 10.7. The SMILES string of the molecule is N#Cc1cc(-n2c3ccccc3c3cc4ccccc4cc32)cc(C=N)c1-n1c2ccccc2c2cc3ccccc3cc21. The molecule has 9 rings (SSSR count). The van der Waals surface area contributed by atoms with Gasteiger partial charge in [0.2, 0.25) is 0 Å². The smallest absolute Gasteiger partial charge is 0.101 e. The quantitative estimate of drug-likeness (QED) is 0.215. The molecule has 0 atom stereocenters. The third-order valence-corrected chi connectivity index (χ3v) is 8.96. The van der Waals surface area contributed by atoms with Crippen LogP contribution in [0, 0.1) is 16.7 Å². The van der Waals surface area contributed by atoms with Crippen LogP contribution in [0.4, 0.5) is 0 Å². The standard InChI is InChI=1S/C40H24N4/c41-23-29-17-31(43-36-15-7-5-13-32(36)34-19-25-9-1-3-11-27(25)21-38(34)43)18-30(24-42)40(29)44-37-16-8-6-14-33(37)35-20-26-10-2-4-12-28(26)22-39(35)44/h1-23,41H. The molecule has 9 aromatic rings. The first kappa shape index (κ1) is 24.4. The summed E-state index contributed by atoms with van der Waals surface area (Å²) >= 11 is 0. The Morgan fingerprint density at radius 3 is 1.52 bits per heavy atom. The van der Waals surface area contributed by atoms with Crippen molar-refractivity contribution in [3.8, 4) is 17.4 Å². The van der Waals surface area contributed by atoms with Crippen molar-refractivity contribution in [2.45, 2.75) is 0 Å². The van der Waals surface area contributed by atoms with Gasteiger partial charge in [-0.05, 0) is 70.1 Å². The Morgan fingerprint density at radius 2 is 0.977 bits per heavy atom. The Balaban J connectivity index is 1.39. The Bertz CT molecular complexity index is 2700. The Morgan fingerprint density at radius 1 is 0.500 bits per heavy atom. The van der Waals surface area contributed by atoms with E-state index in [4.69, 9.17) is 5.41 Å². The van der Waals surface area contributed by atoms with Crippen molar-refractivity contribution < 1.29 is 0 Å². The third kappa shape index (κ3) is 3.35. The zero-order chi connectivity index (χ0) is 29.4. The number of nitrogens with one attached hydrogen (secondary N) is 1. The van der Waals surface area contributed by atoms with Crippen LogP contribution in [0.3, 0.4) is 0 Å². The second-order valence-electron chi connectivity index (χ2n) is 11.3. The molecule has 0 radical (unpaired) electrons. The van der Waals surface area contributed by atoms with Crippen LogP contribution in [-0.4, -0.2) is 15.3 Å². The number of fused-ring (bicyclic) bond motifs is 8. The van der Waals surface area contributed by atoms with E-state index in [0.29, 0.717) is 11.1 Å². The number of hydrogen-bond donors (Lipinski definition) is 1. The normalized spacial score (nSPS) is 11.7. The summed E-state index contributed by atoms with van der Waals surface area (Å²) in [6.07, 6.45) is 1.38. The lowest BCUT2D eigenvalue weighted by molar-refractivity contribution is 1.13. The van der Waals surface area contributed by atoms with Crippen LogP contribution < -0.4 is 0 Å². The molecule has 2 heterocycles. The van der Waals surface area contributed by atoms with Crippen LogP contribution >= 0.6 is 0 Å². The van der Waals surface area contributed by atoms with Crippen molar-refractivity contribution >= 4 is 71.4 Å². The average molecular weight is 561 g/mol. The summed E-state index contributed by atoms with van der Waals surface area (Å²) in [6.45, 7) is 0. The molecule has 4 nitrogen and oxygen atoms in total. The first-order valence-electron chi connectivity index (χ1n) is 14.7. The second kappa shape index (κ2) is 9.16. The Kier molecular flexibility index (Phi) is 5.08. The number of nitriles is 1. The maximum Gasteiger partial charge on any atom is 0.101 e. The van der Waals surface area contributed by atoms with Gasteiger partial charge in [-0.1, -0.05) is 84.9 Å². The molecule has 0 amide bonds. The lowest BCUT2D eigenvalue weighted by atomic mass is 10.0. The molecule has 0 unspecified atom stereocenters. The van der Waals surface area contributed by atoms with Crippen LogP contribution in [0.1, 0.15) is 11.1 Å². The van der Waals surface area contributed by atoms with Crippen molar-refractivity contribution in [2.75, 3.05) is 0 Å². The fraction of sp³-hybridized carbons (Fsp3) is 0. The van der Waals surface area contributed by atoms with Crippen LogP contribution in [0.25, 0.3) is 76.5 Å². The zero-order valence-electron chi connectivity index (χ0n) is 23.6. The van der Waals surface area contributed by atoms with Crippen LogP contribution in [0.5, 0.6) is 0 Å². The fourth-order valence-corrected chi connectivity index (χ4v) is 7.04. The molecule has 44 heavy (non-hydrogen) atoms. The molecule has 204 valence electrons. The molecular formula is C40H24N4. The third-order valence-electron chi connectivity index (χ3n) is 8.96. The van der Waals surface area contributed by atoms with Crippen molar-refractivity contribution in [1.82, 2.24) is 9.13 Å². The molecule has 0 spiro atoms. The average Bonchev–Trinajstić information content (AvgIpc) is 3.57. The van der Waals surface area contributed by atoms with Crippen LogP contribution in [-0.2, 0) is 0 Å². The van der Waals surface area contributed by atoms with Crippen molar-refractivity contribution in [3.63, 3.8) is 0 Å². The van der Waals surface area contributed by atoms with Gasteiger partial charge < -0.3 is 14.5 Å². The largest absolute Gasteiger partial charge is 0.309 e. The molecule has 7 aromatic carbocycles. The summed E-state index contributed by atoms with van der Waals surface area (Å²) in [5.74, 6) is 0. The lowest BCUT2D eigenvalue weighted by Gasteiger charge is -2.17. The monoisotopic (exact) mass is 560 g/mol. The molecule has 0 aliphatic carbocycles. The summed E-state index contributed by atoms with van der Waals surface area (Å²) < 4.78 is 4.40. The van der Waals surface area contributed by atoms with Gasteiger partial charge in [-0.2, -0.15) is 5.26 Å². The highest BCUT2D eigenvalue weighted by Gasteiger charge is 2.21.